The van der Waals surface area contributed by atoms with Crippen molar-refractivity contribution < 1.29 is 9.90 Å². The Kier molecular flexibility index (Phi) is 6.65. The van der Waals surface area contributed by atoms with Crippen LogP contribution in [0, 0.1) is 0 Å². The van der Waals surface area contributed by atoms with E-state index in [4.69, 9.17) is 5.11 Å². The van der Waals surface area contributed by atoms with E-state index in [9.17, 15) is 4.79 Å². The second-order valence-electron chi connectivity index (χ2n) is 3.72. The first-order valence-corrected chi connectivity index (χ1v) is 7.01. The number of carboxylic acid groups (broad SMARTS) is 1. The predicted molar refractivity (Wildman–Crippen MR) is 70.5 cm³/mol. The first-order valence-electron chi connectivity index (χ1n) is 5.62. The molecule has 0 saturated carbocycles. The van der Waals surface area contributed by atoms with Gasteiger partial charge in [0.1, 0.15) is 0 Å². The van der Waals surface area contributed by atoms with Gasteiger partial charge in [-0.05, 0) is 43.5 Å². The number of hydrogen-bond donors (Lipinski definition) is 2. The highest BCUT2D eigenvalue weighted by molar-refractivity contribution is 7.98. The summed E-state index contributed by atoms with van der Waals surface area (Å²) in [5, 5.41) is 12.0. The topological polar surface area (TPSA) is 62.2 Å². The number of pyridine rings is 1. The van der Waals surface area contributed by atoms with Crippen molar-refractivity contribution in [3.05, 3.63) is 29.6 Å². The Balaban J connectivity index is 2.21. The second kappa shape index (κ2) is 8.08. The van der Waals surface area contributed by atoms with Crippen LogP contribution in [0.4, 0.5) is 0 Å². The molecule has 0 aliphatic carbocycles. The van der Waals surface area contributed by atoms with Gasteiger partial charge in [0.25, 0.3) is 0 Å². The normalized spacial score (nSPS) is 10.4. The molecule has 1 rings (SSSR count). The van der Waals surface area contributed by atoms with Crippen molar-refractivity contribution in [1.29, 1.82) is 0 Å². The molecular weight excluding hydrogens is 236 g/mol. The lowest BCUT2D eigenvalue weighted by atomic mass is 10.2. The zero-order chi connectivity index (χ0) is 12.5. The van der Waals surface area contributed by atoms with Crippen LogP contribution in [-0.2, 0) is 6.54 Å². The summed E-state index contributed by atoms with van der Waals surface area (Å²) in [7, 11) is 0. The van der Waals surface area contributed by atoms with Crippen LogP contribution >= 0.6 is 11.8 Å². The van der Waals surface area contributed by atoms with Gasteiger partial charge in [-0.15, -0.1) is 0 Å². The molecule has 0 aromatic carbocycles. The number of unbranched alkanes of at least 4 members (excludes halogenated alkanes) is 1. The fourth-order valence-electron chi connectivity index (χ4n) is 1.37. The van der Waals surface area contributed by atoms with Crippen LogP contribution in [-0.4, -0.2) is 34.6 Å². The molecule has 1 aromatic rings. The summed E-state index contributed by atoms with van der Waals surface area (Å²) >= 11 is 1.86. The largest absolute Gasteiger partial charge is 0.478 e. The van der Waals surface area contributed by atoms with Crippen molar-refractivity contribution in [2.24, 2.45) is 0 Å². The molecule has 0 spiro atoms. The van der Waals surface area contributed by atoms with Crippen molar-refractivity contribution in [2.75, 3.05) is 18.6 Å². The fourth-order valence-corrected chi connectivity index (χ4v) is 1.86. The average molecular weight is 254 g/mol. The highest BCUT2D eigenvalue weighted by Crippen LogP contribution is 2.01. The molecule has 94 valence electrons. The molecule has 5 heteroatoms. The molecule has 0 fully saturated rings. The summed E-state index contributed by atoms with van der Waals surface area (Å²) in [5.74, 6) is 0.266. The number of hydrogen-bond acceptors (Lipinski definition) is 4. The van der Waals surface area contributed by atoms with Gasteiger partial charge < -0.3 is 10.4 Å². The van der Waals surface area contributed by atoms with Crippen LogP contribution in [0.3, 0.4) is 0 Å². The van der Waals surface area contributed by atoms with Gasteiger partial charge in [0, 0.05) is 12.7 Å². The number of nitrogens with one attached hydrogen (secondary N) is 1. The lowest BCUT2D eigenvalue weighted by Crippen LogP contribution is -2.15. The number of rotatable bonds is 8. The quantitative estimate of drug-likeness (QED) is 0.695. The molecule has 0 atom stereocenters. The Labute approximate surface area is 106 Å². The number of carbonyl (C=O) groups is 1. The molecule has 1 aromatic heterocycles. The highest BCUT2D eigenvalue weighted by atomic mass is 32.2. The van der Waals surface area contributed by atoms with Crippen molar-refractivity contribution in [3.63, 3.8) is 0 Å². The van der Waals surface area contributed by atoms with Gasteiger partial charge in [0.15, 0.2) is 0 Å². The molecule has 2 N–H and O–H groups in total. The Bertz CT molecular complexity index is 341. The summed E-state index contributed by atoms with van der Waals surface area (Å²) in [4.78, 5) is 14.7. The Hall–Kier alpha value is -1.07. The number of carboxylic acids is 1. The second-order valence-corrected chi connectivity index (χ2v) is 4.71. The van der Waals surface area contributed by atoms with E-state index in [1.54, 1.807) is 12.1 Å². The van der Waals surface area contributed by atoms with Crippen LogP contribution in [0.1, 0.15) is 28.9 Å². The lowest BCUT2D eigenvalue weighted by molar-refractivity contribution is 0.0696. The van der Waals surface area contributed by atoms with E-state index in [0.29, 0.717) is 6.54 Å². The van der Waals surface area contributed by atoms with Crippen LogP contribution in [0.5, 0.6) is 0 Å². The number of aromatic carboxylic acids is 1. The molecule has 0 amide bonds. The maximum absolute atomic E-state index is 10.6. The lowest BCUT2D eigenvalue weighted by Gasteiger charge is -2.04. The van der Waals surface area contributed by atoms with Gasteiger partial charge in [-0.1, -0.05) is 0 Å². The highest BCUT2D eigenvalue weighted by Gasteiger charge is 2.02. The minimum atomic E-state index is -0.936. The zero-order valence-electron chi connectivity index (χ0n) is 9.98. The minimum Gasteiger partial charge on any atom is -0.478 e. The molecule has 0 aliphatic heterocycles. The zero-order valence-corrected chi connectivity index (χ0v) is 10.8. The minimum absolute atomic E-state index is 0.230. The van der Waals surface area contributed by atoms with Gasteiger partial charge in [-0.3, -0.25) is 4.98 Å². The smallest absolute Gasteiger partial charge is 0.337 e. The summed E-state index contributed by atoms with van der Waals surface area (Å²) in [6.45, 7) is 1.67. The van der Waals surface area contributed by atoms with E-state index >= 15 is 0 Å². The Morgan fingerprint density at radius 1 is 1.47 bits per heavy atom. The first-order chi connectivity index (χ1) is 8.24. The van der Waals surface area contributed by atoms with Crippen LogP contribution in [0.25, 0.3) is 0 Å². The van der Waals surface area contributed by atoms with E-state index in [1.165, 1.54) is 18.4 Å². The van der Waals surface area contributed by atoms with E-state index < -0.39 is 5.97 Å². The molecule has 0 aliphatic rings. The fraction of sp³-hybridized carbons (Fsp3) is 0.500. The van der Waals surface area contributed by atoms with Crippen molar-refractivity contribution >= 4 is 17.7 Å². The molecule has 0 radical (unpaired) electrons. The summed E-state index contributed by atoms with van der Waals surface area (Å²) < 4.78 is 0. The molecule has 1 heterocycles. The first kappa shape index (κ1) is 14.0. The van der Waals surface area contributed by atoms with Crippen LogP contribution in [0.15, 0.2) is 18.3 Å². The molecule has 0 bridgehead atoms. The number of nitrogens with zero attached hydrogens (tertiary/aromatic N) is 1. The van der Waals surface area contributed by atoms with Crippen LogP contribution < -0.4 is 5.32 Å². The van der Waals surface area contributed by atoms with Gasteiger partial charge >= 0.3 is 5.97 Å². The maximum Gasteiger partial charge on any atom is 0.337 e. The maximum atomic E-state index is 10.6. The molecule has 0 unspecified atom stereocenters. The van der Waals surface area contributed by atoms with E-state index in [2.05, 4.69) is 16.6 Å². The van der Waals surface area contributed by atoms with Crippen molar-refractivity contribution in [2.45, 2.75) is 19.4 Å². The monoisotopic (exact) mass is 254 g/mol. The third-order valence-electron chi connectivity index (χ3n) is 2.33. The Morgan fingerprint density at radius 3 is 2.88 bits per heavy atom. The van der Waals surface area contributed by atoms with Crippen molar-refractivity contribution in [3.8, 4) is 0 Å². The van der Waals surface area contributed by atoms with E-state index in [-0.39, 0.29) is 5.56 Å². The van der Waals surface area contributed by atoms with Crippen molar-refractivity contribution in [1.82, 2.24) is 10.3 Å². The molecule has 17 heavy (non-hydrogen) atoms. The van der Waals surface area contributed by atoms with E-state index in [0.717, 1.165) is 18.7 Å². The van der Waals surface area contributed by atoms with E-state index in [1.807, 2.05) is 11.8 Å². The van der Waals surface area contributed by atoms with Gasteiger partial charge in [-0.2, -0.15) is 11.8 Å². The summed E-state index contributed by atoms with van der Waals surface area (Å²) in [5.41, 5.74) is 1.11. The Morgan fingerprint density at radius 2 is 2.29 bits per heavy atom. The van der Waals surface area contributed by atoms with Crippen LogP contribution in [0.2, 0.25) is 0 Å². The molecule has 4 nitrogen and oxygen atoms in total. The molecular formula is C12H18N2O2S. The number of thioether (sulfide) groups is 1. The van der Waals surface area contributed by atoms with Gasteiger partial charge in [-0.25, -0.2) is 4.79 Å². The predicted octanol–water partition coefficient (Wildman–Crippen LogP) is 2.01. The SMILES string of the molecule is CSCCCCNCc1ccc(C(=O)O)cn1. The number of aromatic nitrogens is 1. The third-order valence-corrected chi connectivity index (χ3v) is 3.03. The van der Waals surface area contributed by atoms with Gasteiger partial charge in [0.05, 0.1) is 11.3 Å². The third kappa shape index (κ3) is 5.70. The summed E-state index contributed by atoms with van der Waals surface area (Å²) in [6.07, 6.45) is 5.89. The standard InChI is InChI=1S/C12H18N2O2S/c1-17-7-3-2-6-13-9-11-5-4-10(8-14-11)12(15)16/h4-5,8,13H,2-3,6-7,9H2,1H3,(H,15,16). The molecule has 0 saturated heterocycles. The van der Waals surface area contributed by atoms with Gasteiger partial charge in [0.2, 0.25) is 0 Å². The summed E-state index contributed by atoms with van der Waals surface area (Å²) in [6, 6.07) is 3.33. The average Bonchev–Trinajstić information content (AvgIpc) is 2.34.